The van der Waals surface area contributed by atoms with Gasteiger partial charge in [0, 0.05) is 10.4 Å². The second-order valence-corrected chi connectivity index (χ2v) is 10.1. The van der Waals surface area contributed by atoms with Crippen LogP contribution in [0.3, 0.4) is 0 Å². The summed E-state index contributed by atoms with van der Waals surface area (Å²) in [5.41, 5.74) is 0. The molecule has 1 aromatic carbocycles. The molecule has 0 aliphatic rings. The molecule has 0 aromatic heterocycles. The molecule has 0 bridgehead atoms. The third-order valence-corrected chi connectivity index (χ3v) is 9.18. The maximum atomic E-state index is 6.17. The molecule has 3 heteroatoms. The number of rotatable bonds is 4. The fraction of sp³-hybridized carbons (Fsp3) is 0.500. The van der Waals surface area contributed by atoms with E-state index in [4.69, 9.17) is 4.43 Å². The van der Waals surface area contributed by atoms with Crippen molar-refractivity contribution < 1.29 is 4.43 Å². The average Bonchev–Trinajstić information content (AvgIpc) is 2.18. The van der Waals surface area contributed by atoms with E-state index in [1.165, 1.54) is 0 Å². The molecule has 0 atom stereocenters. The van der Waals surface area contributed by atoms with Gasteiger partial charge in [0.25, 0.3) is 8.32 Å². The van der Waals surface area contributed by atoms with Gasteiger partial charge in [0.05, 0.1) is 0 Å². The zero-order valence-corrected chi connectivity index (χ0v) is 12.5. The monoisotopic (exact) mass is 286 g/mol. The van der Waals surface area contributed by atoms with Gasteiger partial charge in [0.15, 0.2) is 0 Å². The molecule has 1 rings (SSSR count). The second kappa shape index (κ2) is 4.70. The minimum absolute atomic E-state index is 0.225. The number of alkyl halides is 1. The molecule has 0 unspecified atom stereocenters. The maximum absolute atomic E-state index is 6.17. The second-order valence-electron chi connectivity index (χ2n) is 4.94. The number of halogens is 1. The number of para-hydroxylation sites is 1. The first-order valence-corrected chi connectivity index (χ1v) is 9.22. The first kappa shape index (κ1) is 12.8. The highest BCUT2D eigenvalue weighted by Crippen LogP contribution is 2.39. The van der Waals surface area contributed by atoms with Gasteiger partial charge in [-0.3, -0.25) is 0 Å². The fourth-order valence-corrected chi connectivity index (χ4v) is 4.43. The summed E-state index contributed by atoms with van der Waals surface area (Å²) < 4.78 is 6.17. The Balaban J connectivity index is 2.81. The molecule has 15 heavy (non-hydrogen) atoms. The van der Waals surface area contributed by atoms with E-state index in [1.54, 1.807) is 0 Å². The molecule has 84 valence electrons. The predicted molar refractivity (Wildman–Crippen MR) is 72.4 cm³/mol. The summed E-state index contributed by atoms with van der Waals surface area (Å²) in [6, 6.07) is 10.1. The van der Waals surface area contributed by atoms with Crippen LogP contribution in [-0.2, 0) is 0 Å². The van der Waals surface area contributed by atoms with Gasteiger partial charge < -0.3 is 4.43 Å². The molecule has 0 aliphatic heterocycles. The minimum Gasteiger partial charge on any atom is -0.543 e. The van der Waals surface area contributed by atoms with Crippen LogP contribution in [-0.4, -0.2) is 13.6 Å². The first-order valence-electron chi connectivity index (χ1n) is 5.19. The third-order valence-electron chi connectivity index (χ3n) is 3.08. The van der Waals surface area contributed by atoms with Gasteiger partial charge in [-0.1, -0.05) is 48.0 Å². The van der Waals surface area contributed by atoms with Crippen LogP contribution in [0.5, 0.6) is 5.75 Å². The Hall–Kier alpha value is -0.283. The lowest BCUT2D eigenvalue weighted by Crippen LogP contribution is -2.46. The van der Waals surface area contributed by atoms with Gasteiger partial charge in [-0.2, -0.15) is 0 Å². The Kier molecular flexibility index (Phi) is 4.01. The predicted octanol–water partition coefficient (Wildman–Crippen LogP) is 4.45. The van der Waals surface area contributed by atoms with Gasteiger partial charge in [-0.05, 0) is 25.2 Å². The lowest BCUT2D eigenvalue weighted by Gasteiger charge is -2.38. The van der Waals surface area contributed by atoms with Crippen LogP contribution < -0.4 is 4.43 Å². The van der Waals surface area contributed by atoms with Crippen LogP contribution in [0.1, 0.15) is 13.8 Å². The molecule has 0 amide bonds. The molecular formula is C12H19BrOSi. The van der Waals surface area contributed by atoms with Gasteiger partial charge in [-0.15, -0.1) is 0 Å². The maximum Gasteiger partial charge on any atom is 0.251 e. The van der Waals surface area contributed by atoms with Crippen molar-refractivity contribution in [2.75, 3.05) is 5.33 Å². The van der Waals surface area contributed by atoms with Crippen molar-refractivity contribution in [2.24, 2.45) is 0 Å². The Morgan fingerprint density at radius 1 is 1.20 bits per heavy atom. The summed E-state index contributed by atoms with van der Waals surface area (Å²) in [5, 5.41) is 1.20. The Labute approximate surface area is 102 Å². The van der Waals surface area contributed by atoms with Crippen LogP contribution >= 0.6 is 15.9 Å². The molecule has 0 heterocycles. The Morgan fingerprint density at radius 2 is 1.73 bits per heavy atom. The fourth-order valence-electron chi connectivity index (χ4n) is 1.08. The third kappa shape index (κ3) is 3.08. The highest BCUT2D eigenvalue weighted by molar-refractivity contribution is 9.09. The van der Waals surface area contributed by atoms with E-state index in [0.717, 1.165) is 11.1 Å². The molecular weight excluding hydrogens is 268 g/mol. The summed E-state index contributed by atoms with van der Waals surface area (Å²) in [7, 11) is -1.72. The van der Waals surface area contributed by atoms with Crippen molar-refractivity contribution in [1.29, 1.82) is 0 Å². The van der Waals surface area contributed by atoms with Crippen molar-refractivity contribution in [1.82, 2.24) is 0 Å². The SMILES string of the molecule is CC(C)(CBr)[Si](C)(C)Oc1ccccc1. The highest BCUT2D eigenvalue weighted by Gasteiger charge is 2.41. The standard InChI is InChI=1S/C12H19BrOSi/c1-12(2,10-13)15(3,4)14-11-8-6-5-7-9-11/h5-9H,10H2,1-4H3. The summed E-state index contributed by atoms with van der Waals surface area (Å²) in [4.78, 5) is 0. The van der Waals surface area contributed by atoms with Crippen LogP contribution in [0.25, 0.3) is 0 Å². The zero-order chi connectivity index (χ0) is 11.5. The summed E-state index contributed by atoms with van der Waals surface area (Å²) in [5.74, 6) is 0.989. The highest BCUT2D eigenvalue weighted by atomic mass is 79.9. The number of hydrogen-bond acceptors (Lipinski definition) is 1. The molecule has 0 saturated carbocycles. The summed E-state index contributed by atoms with van der Waals surface area (Å²) in [6.45, 7) is 9.05. The molecule has 0 aliphatic carbocycles. The smallest absolute Gasteiger partial charge is 0.251 e. The normalized spacial score (nSPS) is 12.6. The molecule has 0 spiro atoms. The van der Waals surface area contributed by atoms with Crippen molar-refractivity contribution in [2.45, 2.75) is 32.0 Å². The number of benzene rings is 1. The van der Waals surface area contributed by atoms with E-state index in [0.29, 0.717) is 0 Å². The van der Waals surface area contributed by atoms with E-state index in [-0.39, 0.29) is 5.04 Å². The first-order chi connectivity index (χ1) is 6.89. The number of hydrogen-bond donors (Lipinski definition) is 0. The van der Waals surface area contributed by atoms with E-state index in [1.807, 2.05) is 30.3 Å². The van der Waals surface area contributed by atoms with E-state index in [9.17, 15) is 0 Å². The Bertz CT molecular complexity index is 309. The zero-order valence-electron chi connectivity index (χ0n) is 9.88. The molecule has 0 saturated heterocycles. The largest absolute Gasteiger partial charge is 0.543 e. The van der Waals surface area contributed by atoms with Crippen LogP contribution in [0.15, 0.2) is 30.3 Å². The van der Waals surface area contributed by atoms with Gasteiger partial charge >= 0.3 is 0 Å². The van der Waals surface area contributed by atoms with Crippen molar-refractivity contribution in [3.63, 3.8) is 0 Å². The molecule has 0 N–H and O–H groups in total. The van der Waals surface area contributed by atoms with Crippen molar-refractivity contribution in [3.05, 3.63) is 30.3 Å². The summed E-state index contributed by atoms with van der Waals surface area (Å²) >= 11 is 3.57. The van der Waals surface area contributed by atoms with E-state index in [2.05, 4.69) is 42.9 Å². The molecule has 1 aromatic rings. The molecule has 0 radical (unpaired) electrons. The minimum atomic E-state index is -1.72. The van der Waals surface area contributed by atoms with Crippen LogP contribution in [0, 0.1) is 0 Å². The summed E-state index contributed by atoms with van der Waals surface area (Å²) in [6.07, 6.45) is 0. The molecule has 1 nitrogen and oxygen atoms in total. The Morgan fingerprint density at radius 3 is 2.20 bits per heavy atom. The van der Waals surface area contributed by atoms with Gasteiger partial charge in [-0.25, -0.2) is 0 Å². The van der Waals surface area contributed by atoms with Gasteiger partial charge in [0.1, 0.15) is 5.75 Å². The van der Waals surface area contributed by atoms with Gasteiger partial charge in [0.2, 0.25) is 0 Å². The quantitative estimate of drug-likeness (QED) is 0.587. The van der Waals surface area contributed by atoms with Crippen molar-refractivity contribution in [3.8, 4) is 5.75 Å². The van der Waals surface area contributed by atoms with Crippen LogP contribution in [0.4, 0.5) is 0 Å². The lowest BCUT2D eigenvalue weighted by atomic mass is 10.2. The van der Waals surface area contributed by atoms with E-state index >= 15 is 0 Å². The topological polar surface area (TPSA) is 9.23 Å². The van der Waals surface area contributed by atoms with Crippen LogP contribution in [0.2, 0.25) is 18.1 Å². The van der Waals surface area contributed by atoms with Crippen molar-refractivity contribution >= 4 is 24.2 Å². The molecule has 0 fully saturated rings. The van der Waals surface area contributed by atoms with E-state index < -0.39 is 8.32 Å². The average molecular weight is 287 g/mol. The lowest BCUT2D eigenvalue weighted by molar-refractivity contribution is 0.496.